The van der Waals surface area contributed by atoms with E-state index in [0.29, 0.717) is 16.5 Å². The van der Waals surface area contributed by atoms with E-state index in [4.69, 9.17) is 0 Å². The predicted molar refractivity (Wildman–Crippen MR) is 113 cm³/mol. The van der Waals surface area contributed by atoms with Crippen LogP contribution in [0.1, 0.15) is 29.2 Å². The molecule has 0 spiro atoms. The highest BCUT2D eigenvalue weighted by Crippen LogP contribution is 2.44. The van der Waals surface area contributed by atoms with Crippen LogP contribution in [0.25, 0.3) is 27.8 Å². The van der Waals surface area contributed by atoms with Crippen molar-refractivity contribution in [2.45, 2.75) is 25.2 Å². The van der Waals surface area contributed by atoms with E-state index in [1.54, 1.807) is 0 Å². The lowest BCUT2D eigenvalue weighted by Crippen LogP contribution is -2.03. The van der Waals surface area contributed by atoms with E-state index in [2.05, 4.69) is 56.5 Å². The van der Waals surface area contributed by atoms with Crippen LogP contribution in [0.2, 0.25) is 0 Å². The maximum absolute atomic E-state index is 11.2. The maximum atomic E-state index is 11.2. The van der Waals surface area contributed by atoms with Gasteiger partial charge in [0.2, 0.25) is 4.73 Å². The van der Waals surface area contributed by atoms with Crippen molar-refractivity contribution in [1.29, 1.82) is 0 Å². The van der Waals surface area contributed by atoms with Gasteiger partial charge < -0.3 is 5.11 Å². The van der Waals surface area contributed by atoms with Crippen LogP contribution in [0.5, 0.6) is 0 Å². The summed E-state index contributed by atoms with van der Waals surface area (Å²) in [4.78, 5) is 12.0. The number of halogens is 1. The van der Waals surface area contributed by atoms with Gasteiger partial charge in [0.1, 0.15) is 0 Å². The molecule has 7 heteroatoms. The molecule has 0 atom stereocenters. The minimum Gasteiger partial charge on any atom is -0.481 e. The first-order valence-corrected chi connectivity index (χ1v) is 10.7. The summed E-state index contributed by atoms with van der Waals surface area (Å²) < 4.78 is 2.56. The molecule has 1 aliphatic rings. The fourth-order valence-corrected chi connectivity index (χ4v) is 5.02. The van der Waals surface area contributed by atoms with Crippen LogP contribution in [0.3, 0.4) is 0 Å². The molecule has 5 nitrogen and oxygen atoms in total. The summed E-state index contributed by atoms with van der Waals surface area (Å²) in [7, 11) is 0. The van der Waals surface area contributed by atoms with E-state index >= 15 is 0 Å². The lowest BCUT2D eigenvalue weighted by molar-refractivity contribution is -0.136. The van der Waals surface area contributed by atoms with Crippen molar-refractivity contribution in [3.05, 3.63) is 63.0 Å². The molecule has 0 radical (unpaired) electrons. The molecule has 2 heterocycles. The number of thiophene rings is 1. The Kier molecular flexibility index (Phi) is 4.29. The summed E-state index contributed by atoms with van der Waals surface area (Å²) in [6, 6.07) is 14.7. The lowest BCUT2D eigenvalue weighted by Gasteiger charge is -2.14. The van der Waals surface area contributed by atoms with E-state index in [1.807, 2.05) is 22.1 Å². The number of hydrogen-bond donors (Lipinski definition) is 1. The number of carboxylic acids is 1. The first kappa shape index (κ1) is 17.6. The molecule has 28 heavy (non-hydrogen) atoms. The van der Waals surface area contributed by atoms with Gasteiger partial charge >= 0.3 is 5.97 Å². The van der Waals surface area contributed by atoms with Gasteiger partial charge in [-0.05, 0) is 63.2 Å². The number of aromatic nitrogens is 3. The van der Waals surface area contributed by atoms with E-state index in [9.17, 15) is 9.90 Å². The third-order valence-corrected chi connectivity index (χ3v) is 6.55. The lowest BCUT2D eigenvalue weighted by atomic mass is 9.99. The Morgan fingerprint density at radius 1 is 1.14 bits per heavy atom. The molecule has 2 aromatic heterocycles. The van der Waals surface area contributed by atoms with Crippen LogP contribution < -0.4 is 0 Å². The molecule has 0 aliphatic heterocycles. The highest BCUT2D eigenvalue weighted by atomic mass is 79.9. The highest BCUT2D eigenvalue weighted by molar-refractivity contribution is 9.10. The Bertz CT molecular complexity index is 1210. The van der Waals surface area contributed by atoms with Gasteiger partial charge in [-0.2, -0.15) is 0 Å². The Morgan fingerprint density at radius 2 is 1.93 bits per heavy atom. The van der Waals surface area contributed by atoms with Gasteiger partial charge in [0.15, 0.2) is 5.82 Å². The molecule has 1 saturated carbocycles. The molecule has 1 aliphatic carbocycles. The second-order valence-corrected chi connectivity index (χ2v) is 8.66. The molecule has 5 rings (SSSR count). The number of aliphatic carboxylic acids is 1. The molecular formula is C21H16BrN3O2S. The van der Waals surface area contributed by atoms with Crippen molar-refractivity contribution < 1.29 is 9.90 Å². The predicted octanol–water partition coefficient (Wildman–Crippen LogP) is 5.42. The number of benzene rings is 2. The molecule has 1 fully saturated rings. The van der Waals surface area contributed by atoms with Crippen LogP contribution in [-0.4, -0.2) is 25.8 Å². The smallest absolute Gasteiger partial charge is 0.308 e. The van der Waals surface area contributed by atoms with Crippen LogP contribution in [-0.2, 0) is 11.2 Å². The number of rotatable bonds is 5. The summed E-state index contributed by atoms with van der Waals surface area (Å²) >= 11 is 4.96. The van der Waals surface area contributed by atoms with Crippen LogP contribution in [0, 0.1) is 0 Å². The van der Waals surface area contributed by atoms with Crippen molar-refractivity contribution in [1.82, 2.24) is 14.8 Å². The third-order valence-electron chi connectivity index (χ3n) is 5.11. The largest absolute Gasteiger partial charge is 0.481 e. The Hall–Kier alpha value is -2.51. The van der Waals surface area contributed by atoms with E-state index < -0.39 is 5.97 Å². The number of hydrogen-bond acceptors (Lipinski definition) is 4. The van der Waals surface area contributed by atoms with Gasteiger partial charge in [0, 0.05) is 15.8 Å². The summed E-state index contributed by atoms with van der Waals surface area (Å²) in [6.45, 7) is 0. The van der Waals surface area contributed by atoms with Crippen molar-refractivity contribution in [2.75, 3.05) is 0 Å². The van der Waals surface area contributed by atoms with E-state index in [0.717, 1.165) is 21.5 Å². The molecule has 2 aromatic carbocycles. The molecule has 4 aromatic rings. The molecular weight excluding hydrogens is 438 g/mol. The quantitative estimate of drug-likeness (QED) is 0.438. The highest BCUT2D eigenvalue weighted by Gasteiger charge is 2.27. The van der Waals surface area contributed by atoms with Gasteiger partial charge in [0.05, 0.1) is 12.1 Å². The molecule has 140 valence electrons. The van der Waals surface area contributed by atoms with Crippen LogP contribution in [0.4, 0.5) is 0 Å². The zero-order chi connectivity index (χ0) is 19.3. The van der Waals surface area contributed by atoms with Gasteiger partial charge in [-0.1, -0.05) is 30.3 Å². The zero-order valence-corrected chi connectivity index (χ0v) is 17.2. The van der Waals surface area contributed by atoms with E-state index in [-0.39, 0.29) is 6.42 Å². The van der Waals surface area contributed by atoms with Crippen molar-refractivity contribution in [3.8, 4) is 17.1 Å². The Balaban J connectivity index is 1.72. The summed E-state index contributed by atoms with van der Waals surface area (Å²) in [5.41, 5.74) is 3.19. The summed E-state index contributed by atoms with van der Waals surface area (Å²) in [5, 5.41) is 22.1. The Labute approximate surface area is 173 Å². The molecule has 0 amide bonds. The number of carboxylic acid groups (broad SMARTS) is 1. The average molecular weight is 454 g/mol. The van der Waals surface area contributed by atoms with E-state index in [1.165, 1.54) is 35.1 Å². The van der Waals surface area contributed by atoms with Crippen molar-refractivity contribution in [3.63, 3.8) is 0 Å². The fourth-order valence-electron chi connectivity index (χ4n) is 3.72. The fraction of sp³-hybridized carbons (Fsp3) is 0.190. The van der Waals surface area contributed by atoms with Crippen molar-refractivity contribution >= 4 is 44.0 Å². The standard InChI is InChI=1S/C21H16BrN3O2S/c22-21-24-23-20(16-9-10-28-18(16)11-19(26)27)25(21)17-8-7-13(12-5-6-12)14-3-1-2-4-15(14)17/h1-4,7-10,12H,5-6,11H2,(H,26,27). The minimum absolute atomic E-state index is 0.0289. The molecule has 0 saturated heterocycles. The molecule has 0 bridgehead atoms. The maximum Gasteiger partial charge on any atom is 0.308 e. The van der Waals surface area contributed by atoms with Gasteiger partial charge in [-0.15, -0.1) is 21.5 Å². The van der Waals surface area contributed by atoms with Gasteiger partial charge in [-0.25, -0.2) is 0 Å². The first-order valence-electron chi connectivity index (χ1n) is 9.05. The third kappa shape index (κ3) is 2.95. The number of carbonyl (C=O) groups is 1. The van der Waals surface area contributed by atoms with Crippen LogP contribution in [0.15, 0.2) is 52.6 Å². The first-order chi connectivity index (χ1) is 13.6. The second kappa shape index (κ2) is 6.83. The van der Waals surface area contributed by atoms with Crippen molar-refractivity contribution in [2.24, 2.45) is 0 Å². The monoisotopic (exact) mass is 453 g/mol. The summed E-state index contributed by atoms with van der Waals surface area (Å²) in [6.07, 6.45) is 2.47. The average Bonchev–Trinajstić information content (AvgIpc) is 3.32. The SMILES string of the molecule is O=C(O)Cc1sccc1-c1nnc(Br)n1-c1ccc(C2CC2)c2ccccc12. The van der Waals surface area contributed by atoms with Crippen LogP contribution >= 0.6 is 27.3 Å². The van der Waals surface area contributed by atoms with Gasteiger partial charge in [0.25, 0.3) is 0 Å². The van der Waals surface area contributed by atoms with Gasteiger partial charge in [-0.3, -0.25) is 9.36 Å². The normalized spacial score (nSPS) is 13.9. The topological polar surface area (TPSA) is 68.0 Å². The number of nitrogens with zero attached hydrogens (tertiary/aromatic N) is 3. The molecule has 1 N–H and O–H groups in total. The summed E-state index contributed by atoms with van der Waals surface area (Å²) in [5.74, 6) is 0.448. The number of fused-ring (bicyclic) bond motifs is 1. The second-order valence-electron chi connectivity index (χ2n) is 6.95. The molecule has 0 unspecified atom stereocenters. The minimum atomic E-state index is -0.854. The zero-order valence-electron chi connectivity index (χ0n) is 14.8. The Morgan fingerprint density at radius 3 is 2.68 bits per heavy atom.